The summed E-state index contributed by atoms with van der Waals surface area (Å²) >= 11 is 0. The molecule has 1 N–H and O–H groups in total. The number of nitrogens with one attached hydrogen (secondary N) is 1. The summed E-state index contributed by atoms with van der Waals surface area (Å²) in [7, 11) is 0. The predicted molar refractivity (Wildman–Crippen MR) is 79.6 cm³/mol. The zero-order valence-electron chi connectivity index (χ0n) is 11.9. The zero-order valence-corrected chi connectivity index (χ0v) is 12.7. The van der Waals surface area contributed by atoms with E-state index in [0.29, 0.717) is 28.8 Å². The molecule has 4 rings (SSSR count). The van der Waals surface area contributed by atoms with Crippen molar-refractivity contribution in [2.45, 2.75) is 25.4 Å². The monoisotopic (exact) mass is 325 g/mol. The van der Waals surface area contributed by atoms with Crippen molar-refractivity contribution < 1.29 is 13.7 Å². The fourth-order valence-electron chi connectivity index (χ4n) is 3.10. The van der Waals surface area contributed by atoms with Crippen LogP contribution in [0.4, 0.5) is 4.39 Å². The third-order valence-electron chi connectivity index (χ3n) is 4.41. The number of hydrogen-bond donors (Lipinski definition) is 1. The van der Waals surface area contributed by atoms with Crippen LogP contribution in [-0.2, 0) is 6.61 Å². The van der Waals surface area contributed by atoms with Crippen LogP contribution in [-0.4, -0.2) is 23.2 Å². The molecule has 7 heteroatoms. The lowest BCUT2D eigenvalue weighted by Gasteiger charge is -2.03. The van der Waals surface area contributed by atoms with Crippen LogP contribution in [0.15, 0.2) is 28.8 Å². The Balaban J connectivity index is 0.00000144. The normalized spacial score (nSPS) is 26.0. The summed E-state index contributed by atoms with van der Waals surface area (Å²) < 4.78 is 23.9. The van der Waals surface area contributed by atoms with Crippen molar-refractivity contribution in [3.63, 3.8) is 0 Å². The van der Waals surface area contributed by atoms with E-state index in [-0.39, 0.29) is 24.8 Å². The van der Waals surface area contributed by atoms with E-state index in [1.807, 2.05) is 0 Å². The van der Waals surface area contributed by atoms with E-state index in [9.17, 15) is 4.39 Å². The molecule has 1 aromatic carbocycles. The highest BCUT2D eigenvalue weighted by Crippen LogP contribution is 2.62. The number of aromatic nitrogens is 2. The van der Waals surface area contributed by atoms with Crippen molar-refractivity contribution in [3.05, 3.63) is 41.8 Å². The molecule has 2 unspecified atom stereocenters. The summed E-state index contributed by atoms with van der Waals surface area (Å²) in [4.78, 5) is 4.40. The maximum Gasteiger partial charge on any atom is 0.230 e. The van der Waals surface area contributed by atoms with Crippen LogP contribution in [0.25, 0.3) is 0 Å². The molecule has 22 heavy (non-hydrogen) atoms. The Bertz CT molecular complexity index is 658. The maximum atomic E-state index is 13.0. The van der Waals surface area contributed by atoms with Gasteiger partial charge >= 0.3 is 0 Å². The molecule has 1 saturated carbocycles. The Morgan fingerprint density at radius 1 is 1.45 bits per heavy atom. The Labute approximate surface area is 133 Å². The quantitative estimate of drug-likeness (QED) is 0.936. The molecule has 1 spiro atoms. The van der Waals surface area contributed by atoms with Gasteiger partial charge in [-0.25, -0.2) is 4.39 Å². The van der Waals surface area contributed by atoms with Gasteiger partial charge in [-0.2, -0.15) is 4.98 Å². The highest BCUT2D eigenvalue weighted by atomic mass is 35.5. The van der Waals surface area contributed by atoms with Crippen LogP contribution in [0.1, 0.15) is 30.5 Å². The summed E-state index contributed by atoms with van der Waals surface area (Å²) in [6.07, 6.45) is 2.29. The molecule has 118 valence electrons. The number of hydrogen-bond acceptors (Lipinski definition) is 5. The average molecular weight is 326 g/mol. The Morgan fingerprint density at radius 3 is 3.14 bits per heavy atom. The summed E-state index contributed by atoms with van der Waals surface area (Å²) in [6.45, 7) is 2.29. The third kappa shape index (κ3) is 2.80. The lowest BCUT2D eigenvalue weighted by Crippen LogP contribution is -2.10. The van der Waals surface area contributed by atoms with Crippen molar-refractivity contribution >= 4 is 12.4 Å². The Hall–Kier alpha value is -1.66. The topological polar surface area (TPSA) is 60.2 Å². The van der Waals surface area contributed by atoms with Gasteiger partial charge in [-0.15, -0.1) is 12.4 Å². The molecule has 2 fully saturated rings. The van der Waals surface area contributed by atoms with Gasteiger partial charge in [0.2, 0.25) is 11.7 Å². The summed E-state index contributed by atoms with van der Waals surface area (Å²) in [5, 5.41) is 7.33. The minimum Gasteiger partial charge on any atom is -0.485 e. The van der Waals surface area contributed by atoms with Crippen LogP contribution < -0.4 is 10.1 Å². The van der Waals surface area contributed by atoms with Gasteiger partial charge in [0, 0.05) is 18.5 Å². The molecule has 5 nitrogen and oxygen atoms in total. The van der Waals surface area contributed by atoms with Crippen LogP contribution in [0, 0.1) is 11.2 Å². The molecule has 0 amide bonds. The molecule has 2 atom stereocenters. The highest BCUT2D eigenvalue weighted by Gasteiger charge is 2.58. The number of rotatable bonds is 4. The van der Waals surface area contributed by atoms with Gasteiger partial charge in [0.25, 0.3) is 0 Å². The Morgan fingerprint density at radius 2 is 2.36 bits per heavy atom. The van der Waals surface area contributed by atoms with Gasteiger partial charge in [-0.3, -0.25) is 0 Å². The first-order valence-electron chi connectivity index (χ1n) is 7.17. The Kier molecular flexibility index (Phi) is 4.06. The van der Waals surface area contributed by atoms with Gasteiger partial charge < -0.3 is 14.6 Å². The fraction of sp³-hybridized carbons (Fsp3) is 0.467. The number of halogens is 2. The smallest absolute Gasteiger partial charge is 0.230 e. The summed E-state index contributed by atoms with van der Waals surface area (Å²) in [5.41, 5.74) is 0.340. The maximum absolute atomic E-state index is 13.0. The largest absolute Gasteiger partial charge is 0.485 e. The lowest BCUT2D eigenvalue weighted by atomic mass is 10.0. The van der Waals surface area contributed by atoms with Gasteiger partial charge in [-0.05, 0) is 36.9 Å². The molecule has 1 aliphatic heterocycles. The number of nitrogens with zero attached hydrogens (tertiary/aromatic N) is 2. The van der Waals surface area contributed by atoms with E-state index < -0.39 is 0 Å². The van der Waals surface area contributed by atoms with Crippen LogP contribution >= 0.6 is 12.4 Å². The van der Waals surface area contributed by atoms with Crippen LogP contribution in [0.3, 0.4) is 0 Å². The second kappa shape index (κ2) is 5.85. The second-order valence-electron chi connectivity index (χ2n) is 5.84. The first kappa shape index (κ1) is 15.2. The first-order valence-corrected chi connectivity index (χ1v) is 7.17. The molecular formula is C15H17ClFN3O2. The molecule has 2 aromatic rings. The third-order valence-corrected chi connectivity index (χ3v) is 4.41. The van der Waals surface area contributed by atoms with E-state index in [1.165, 1.54) is 18.6 Å². The minimum absolute atomic E-state index is 0. The van der Waals surface area contributed by atoms with Crippen LogP contribution in [0.5, 0.6) is 5.75 Å². The molecule has 2 heterocycles. The van der Waals surface area contributed by atoms with Crippen molar-refractivity contribution in [2.75, 3.05) is 13.1 Å². The molecule has 0 bridgehead atoms. The molecule has 2 aliphatic rings. The number of benzene rings is 1. The molecular weight excluding hydrogens is 309 g/mol. The average Bonchev–Trinajstić information content (AvgIpc) is 2.84. The van der Waals surface area contributed by atoms with Gasteiger partial charge in [-0.1, -0.05) is 11.2 Å². The standard InChI is InChI=1S/C15H16FN3O2.ClH/c16-10-2-1-3-11(6-10)20-8-13-18-14(21-19-13)12-7-15(12)4-5-17-9-15;/h1-3,6,12,17H,4-5,7-9H2;1H. The van der Waals surface area contributed by atoms with Crippen molar-refractivity contribution in [2.24, 2.45) is 5.41 Å². The van der Waals surface area contributed by atoms with Gasteiger partial charge in [0.05, 0.1) is 0 Å². The zero-order chi connectivity index (χ0) is 14.3. The van der Waals surface area contributed by atoms with E-state index in [0.717, 1.165) is 19.5 Å². The van der Waals surface area contributed by atoms with Crippen molar-refractivity contribution in [1.82, 2.24) is 15.5 Å². The number of ether oxygens (including phenoxy) is 1. The molecule has 1 saturated heterocycles. The second-order valence-corrected chi connectivity index (χ2v) is 5.84. The van der Waals surface area contributed by atoms with Gasteiger partial charge in [0.15, 0.2) is 6.61 Å². The summed E-state index contributed by atoms with van der Waals surface area (Å²) in [6, 6.07) is 6.01. The molecule has 0 radical (unpaired) electrons. The van der Waals surface area contributed by atoms with E-state index in [2.05, 4.69) is 15.5 Å². The van der Waals surface area contributed by atoms with Gasteiger partial charge in [0.1, 0.15) is 11.6 Å². The predicted octanol–water partition coefficient (Wildman–Crippen LogP) is 2.68. The highest BCUT2D eigenvalue weighted by molar-refractivity contribution is 5.85. The van der Waals surface area contributed by atoms with E-state index in [1.54, 1.807) is 12.1 Å². The fourth-order valence-corrected chi connectivity index (χ4v) is 3.10. The molecule has 1 aromatic heterocycles. The lowest BCUT2D eigenvalue weighted by molar-refractivity contribution is 0.283. The van der Waals surface area contributed by atoms with Crippen LogP contribution in [0.2, 0.25) is 0 Å². The van der Waals surface area contributed by atoms with Crippen molar-refractivity contribution in [3.8, 4) is 5.75 Å². The minimum atomic E-state index is -0.324. The summed E-state index contributed by atoms with van der Waals surface area (Å²) in [5.74, 6) is 1.72. The van der Waals surface area contributed by atoms with E-state index >= 15 is 0 Å². The molecule has 1 aliphatic carbocycles. The van der Waals surface area contributed by atoms with E-state index in [4.69, 9.17) is 9.26 Å². The van der Waals surface area contributed by atoms with Crippen molar-refractivity contribution in [1.29, 1.82) is 0 Å². The SMILES string of the molecule is Cl.Fc1cccc(OCc2noc(C3CC34CCNC4)n2)c1. The first-order chi connectivity index (χ1) is 10.3.